The normalized spacial score (nSPS) is 12.9. The second-order valence-electron chi connectivity index (χ2n) is 4.02. The molecule has 0 amide bonds. The van der Waals surface area contributed by atoms with Crippen molar-refractivity contribution in [2.45, 2.75) is 32.4 Å². The molecule has 0 saturated carbocycles. The number of alkyl halides is 6. The van der Waals surface area contributed by atoms with Crippen molar-refractivity contribution >= 4 is 5.69 Å². The van der Waals surface area contributed by atoms with Crippen molar-refractivity contribution in [3.05, 3.63) is 29.8 Å². The van der Waals surface area contributed by atoms with Crippen LogP contribution in [0.15, 0.2) is 24.3 Å². The third-order valence-corrected chi connectivity index (χ3v) is 2.33. The lowest BCUT2D eigenvalue weighted by Crippen LogP contribution is -2.48. The van der Waals surface area contributed by atoms with E-state index in [0.29, 0.717) is 5.56 Å². The minimum Gasteiger partial charge on any atom is -0.194 e. The Morgan fingerprint density at radius 1 is 0.833 bits per heavy atom. The minimum absolute atomic E-state index is 0.0317. The number of anilines is 1. The van der Waals surface area contributed by atoms with Crippen LogP contribution in [-0.4, -0.2) is 12.6 Å². The van der Waals surface area contributed by atoms with Crippen LogP contribution in [0, 0.1) is 0 Å². The molecule has 0 bridgehead atoms. The zero-order chi connectivity index (χ0) is 14.1. The van der Waals surface area contributed by atoms with Gasteiger partial charge in [0.05, 0.1) is 5.69 Å². The minimum atomic E-state index is -5.50. The van der Waals surface area contributed by atoms with E-state index in [0.717, 1.165) is 12.1 Å². The molecule has 1 aromatic carbocycles. The number of hydrogen-bond donors (Lipinski definition) is 0. The second-order valence-corrected chi connectivity index (χ2v) is 4.02. The lowest BCUT2D eigenvalue weighted by Gasteiger charge is -2.28. The zero-order valence-electron chi connectivity index (χ0n) is 9.60. The van der Waals surface area contributed by atoms with Crippen molar-refractivity contribution < 1.29 is 26.3 Å². The van der Waals surface area contributed by atoms with Gasteiger partial charge in [-0.15, -0.1) is 26.3 Å². The molecule has 0 aliphatic heterocycles. The summed E-state index contributed by atoms with van der Waals surface area (Å²) in [6.45, 7) is 3.58. The number of benzene rings is 1. The molecule has 102 valence electrons. The molecule has 0 fully saturated rings. The SMILES string of the molecule is CC(C)c1ccc(N(C(F)(F)F)C(F)(F)F)cc1. The smallest absolute Gasteiger partial charge is 0.194 e. The summed E-state index contributed by atoms with van der Waals surface area (Å²) in [5.74, 6) is 0.0317. The number of nitrogens with zero attached hydrogens (tertiary/aromatic N) is 1. The van der Waals surface area contributed by atoms with Crippen molar-refractivity contribution in [1.82, 2.24) is 0 Å². The highest BCUT2D eigenvalue weighted by atomic mass is 19.4. The van der Waals surface area contributed by atoms with Gasteiger partial charge in [0.15, 0.2) is 0 Å². The summed E-state index contributed by atoms with van der Waals surface area (Å²) in [6.07, 6.45) is -11.0. The predicted molar refractivity (Wildman–Crippen MR) is 55.1 cm³/mol. The summed E-state index contributed by atoms with van der Waals surface area (Å²) in [6, 6.07) is 4.14. The van der Waals surface area contributed by atoms with Crippen molar-refractivity contribution in [1.29, 1.82) is 0 Å². The van der Waals surface area contributed by atoms with Crippen LogP contribution in [0.1, 0.15) is 25.3 Å². The maximum atomic E-state index is 12.4. The van der Waals surface area contributed by atoms with Gasteiger partial charge in [0.25, 0.3) is 0 Å². The summed E-state index contributed by atoms with van der Waals surface area (Å²) in [7, 11) is 0. The van der Waals surface area contributed by atoms with Crippen LogP contribution in [0.3, 0.4) is 0 Å². The molecular formula is C11H11F6N. The fourth-order valence-corrected chi connectivity index (χ4v) is 1.44. The Kier molecular flexibility index (Phi) is 3.83. The predicted octanol–water partition coefficient (Wildman–Crippen LogP) is 4.66. The van der Waals surface area contributed by atoms with Crippen LogP contribution < -0.4 is 4.90 Å². The summed E-state index contributed by atoms with van der Waals surface area (Å²) in [5, 5.41) is 0. The fourth-order valence-electron chi connectivity index (χ4n) is 1.44. The highest BCUT2D eigenvalue weighted by Crippen LogP contribution is 2.38. The Morgan fingerprint density at radius 3 is 1.50 bits per heavy atom. The van der Waals surface area contributed by atoms with Crippen molar-refractivity contribution in [2.75, 3.05) is 4.90 Å². The first kappa shape index (κ1) is 14.7. The molecule has 0 N–H and O–H groups in total. The van der Waals surface area contributed by atoms with E-state index < -0.39 is 23.2 Å². The van der Waals surface area contributed by atoms with E-state index in [4.69, 9.17) is 0 Å². The molecule has 18 heavy (non-hydrogen) atoms. The standard InChI is InChI=1S/C11H11F6N/c1-7(2)8-3-5-9(6-4-8)18(10(12,13)14)11(15,16)17/h3-7H,1-2H3. The van der Waals surface area contributed by atoms with Crippen molar-refractivity contribution in [3.8, 4) is 0 Å². The summed E-state index contributed by atoms with van der Waals surface area (Å²) in [4.78, 5) is -1.51. The molecule has 1 nitrogen and oxygen atoms in total. The molecule has 7 heteroatoms. The van der Waals surface area contributed by atoms with E-state index in [-0.39, 0.29) is 5.92 Å². The van der Waals surface area contributed by atoms with Crippen molar-refractivity contribution in [2.24, 2.45) is 0 Å². The van der Waals surface area contributed by atoms with Gasteiger partial charge in [0.2, 0.25) is 0 Å². The summed E-state index contributed by atoms with van der Waals surface area (Å²) >= 11 is 0. The molecule has 0 radical (unpaired) electrons. The highest BCUT2D eigenvalue weighted by Gasteiger charge is 2.53. The van der Waals surface area contributed by atoms with Gasteiger partial charge in [0, 0.05) is 0 Å². The molecule has 0 aliphatic rings. The molecule has 0 unspecified atom stereocenters. The van der Waals surface area contributed by atoms with E-state index in [1.807, 2.05) is 0 Å². The summed E-state index contributed by atoms with van der Waals surface area (Å²) < 4.78 is 74.2. The van der Waals surface area contributed by atoms with Crippen LogP contribution in [0.4, 0.5) is 32.0 Å². The van der Waals surface area contributed by atoms with Gasteiger partial charge in [-0.1, -0.05) is 26.0 Å². The molecule has 1 rings (SSSR count). The van der Waals surface area contributed by atoms with Gasteiger partial charge < -0.3 is 0 Å². The average Bonchev–Trinajstić information content (AvgIpc) is 2.13. The lowest BCUT2D eigenvalue weighted by atomic mass is 10.0. The zero-order valence-corrected chi connectivity index (χ0v) is 9.60. The maximum Gasteiger partial charge on any atom is 0.491 e. The van der Waals surface area contributed by atoms with Crippen LogP contribution in [0.5, 0.6) is 0 Å². The van der Waals surface area contributed by atoms with Gasteiger partial charge in [-0.2, -0.15) is 4.90 Å². The average molecular weight is 271 g/mol. The van der Waals surface area contributed by atoms with E-state index in [9.17, 15) is 26.3 Å². The molecule has 0 aliphatic carbocycles. The molecule has 0 spiro atoms. The van der Waals surface area contributed by atoms with Crippen molar-refractivity contribution in [3.63, 3.8) is 0 Å². The van der Waals surface area contributed by atoms with Crippen LogP contribution >= 0.6 is 0 Å². The van der Waals surface area contributed by atoms with Gasteiger partial charge in [-0.25, -0.2) is 0 Å². The Morgan fingerprint density at radius 2 is 1.22 bits per heavy atom. The largest absolute Gasteiger partial charge is 0.491 e. The monoisotopic (exact) mass is 271 g/mol. The molecule has 0 heterocycles. The molecule has 1 aromatic rings. The Bertz CT molecular complexity index is 375. The Labute approximate surface area is 100 Å². The van der Waals surface area contributed by atoms with E-state index in [2.05, 4.69) is 0 Å². The second kappa shape index (κ2) is 4.70. The molecule has 0 aromatic heterocycles. The van der Waals surface area contributed by atoms with E-state index in [1.165, 1.54) is 12.1 Å². The Hall–Kier alpha value is -1.40. The van der Waals surface area contributed by atoms with Gasteiger partial charge in [0.1, 0.15) is 0 Å². The third kappa shape index (κ3) is 3.30. The van der Waals surface area contributed by atoms with Crippen LogP contribution in [0.2, 0.25) is 0 Å². The fraction of sp³-hybridized carbons (Fsp3) is 0.455. The topological polar surface area (TPSA) is 3.24 Å². The highest BCUT2D eigenvalue weighted by molar-refractivity contribution is 5.49. The Balaban J connectivity index is 3.16. The first-order chi connectivity index (χ1) is 8.03. The first-order valence-electron chi connectivity index (χ1n) is 5.07. The number of rotatable bonds is 2. The van der Waals surface area contributed by atoms with E-state index in [1.54, 1.807) is 13.8 Å². The lowest BCUT2D eigenvalue weighted by molar-refractivity contribution is -0.226. The van der Waals surface area contributed by atoms with Gasteiger partial charge >= 0.3 is 12.6 Å². The number of halogens is 6. The third-order valence-electron chi connectivity index (χ3n) is 2.33. The van der Waals surface area contributed by atoms with Crippen LogP contribution in [-0.2, 0) is 0 Å². The quantitative estimate of drug-likeness (QED) is 0.558. The molecular weight excluding hydrogens is 260 g/mol. The van der Waals surface area contributed by atoms with Gasteiger partial charge in [-0.3, -0.25) is 0 Å². The molecule has 0 saturated heterocycles. The molecule has 0 atom stereocenters. The maximum absolute atomic E-state index is 12.4. The van der Waals surface area contributed by atoms with Gasteiger partial charge in [-0.05, 0) is 23.6 Å². The first-order valence-corrected chi connectivity index (χ1v) is 5.07. The number of hydrogen-bond acceptors (Lipinski definition) is 1. The summed E-state index contributed by atoms with van der Waals surface area (Å²) in [5.41, 5.74) is -0.276. The van der Waals surface area contributed by atoms with Crippen LogP contribution in [0.25, 0.3) is 0 Å². The van der Waals surface area contributed by atoms with E-state index >= 15 is 0 Å².